The molecule has 2 heteroatoms. The molecule has 0 saturated carbocycles. The molecular weight excluding hydrogens is 262 g/mol. The molecule has 0 radical (unpaired) electrons. The van der Waals surface area contributed by atoms with Gasteiger partial charge >= 0.3 is 0 Å². The summed E-state index contributed by atoms with van der Waals surface area (Å²) < 4.78 is 0. The zero-order valence-corrected chi connectivity index (χ0v) is 11.2. The standard InChI is InChI=1S/C14H16BrN/c1-10(2)13(15)9-12-8-7-11-5-3-4-6-14(11)16-12/h3-8,10,13H,9H2,1-2H3. The van der Waals surface area contributed by atoms with Crippen molar-refractivity contribution in [3.05, 3.63) is 42.1 Å². The minimum Gasteiger partial charge on any atom is -0.253 e. The Morgan fingerprint density at radius 2 is 1.88 bits per heavy atom. The van der Waals surface area contributed by atoms with Crippen LogP contribution in [0.25, 0.3) is 10.9 Å². The van der Waals surface area contributed by atoms with Crippen LogP contribution >= 0.6 is 15.9 Å². The predicted molar refractivity (Wildman–Crippen MR) is 73.0 cm³/mol. The lowest BCUT2D eigenvalue weighted by Gasteiger charge is -2.13. The van der Waals surface area contributed by atoms with Crippen LogP contribution in [-0.4, -0.2) is 9.81 Å². The van der Waals surface area contributed by atoms with Crippen molar-refractivity contribution in [3.63, 3.8) is 0 Å². The van der Waals surface area contributed by atoms with E-state index in [2.05, 4.69) is 59.0 Å². The second kappa shape index (κ2) is 4.96. The summed E-state index contributed by atoms with van der Waals surface area (Å²) in [5.74, 6) is 0.633. The fourth-order valence-electron chi connectivity index (χ4n) is 1.66. The van der Waals surface area contributed by atoms with Crippen LogP contribution in [0.4, 0.5) is 0 Å². The maximum absolute atomic E-state index is 4.67. The van der Waals surface area contributed by atoms with Crippen LogP contribution in [0.3, 0.4) is 0 Å². The number of fused-ring (bicyclic) bond motifs is 1. The average molecular weight is 278 g/mol. The van der Waals surface area contributed by atoms with Gasteiger partial charge in [0.15, 0.2) is 0 Å². The van der Waals surface area contributed by atoms with Gasteiger partial charge in [-0.3, -0.25) is 4.98 Å². The fraction of sp³-hybridized carbons (Fsp3) is 0.357. The lowest BCUT2D eigenvalue weighted by Crippen LogP contribution is -2.11. The molecule has 0 aliphatic rings. The Hall–Kier alpha value is -0.890. The molecule has 1 heterocycles. The SMILES string of the molecule is CC(C)C(Br)Cc1ccc2ccccc2n1. The summed E-state index contributed by atoms with van der Waals surface area (Å²) in [5.41, 5.74) is 2.25. The Morgan fingerprint density at radius 3 is 2.62 bits per heavy atom. The third kappa shape index (κ3) is 2.62. The minimum absolute atomic E-state index is 0.501. The van der Waals surface area contributed by atoms with E-state index in [-0.39, 0.29) is 0 Å². The summed E-state index contributed by atoms with van der Waals surface area (Å²) in [6.45, 7) is 4.45. The van der Waals surface area contributed by atoms with E-state index in [1.165, 1.54) is 5.39 Å². The summed E-state index contributed by atoms with van der Waals surface area (Å²) in [7, 11) is 0. The van der Waals surface area contributed by atoms with Crippen molar-refractivity contribution in [3.8, 4) is 0 Å². The van der Waals surface area contributed by atoms with E-state index < -0.39 is 0 Å². The normalized spacial score (nSPS) is 13.2. The van der Waals surface area contributed by atoms with E-state index in [4.69, 9.17) is 0 Å². The van der Waals surface area contributed by atoms with Crippen LogP contribution in [-0.2, 0) is 6.42 Å². The van der Waals surface area contributed by atoms with E-state index in [0.29, 0.717) is 10.7 Å². The van der Waals surface area contributed by atoms with Crippen molar-refractivity contribution >= 4 is 26.8 Å². The number of pyridine rings is 1. The summed E-state index contributed by atoms with van der Waals surface area (Å²) in [6.07, 6.45) is 0.989. The monoisotopic (exact) mass is 277 g/mol. The number of rotatable bonds is 3. The number of benzene rings is 1. The number of hydrogen-bond donors (Lipinski definition) is 0. The van der Waals surface area contributed by atoms with Gasteiger partial charge in [-0.1, -0.05) is 54.0 Å². The molecule has 0 aliphatic carbocycles. The van der Waals surface area contributed by atoms with E-state index in [0.717, 1.165) is 17.6 Å². The second-order valence-corrected chi connectivity index (χ2v) is 5.64. The van der Waals surface area contributed by atoms with Gasteiger partial charge in [-0.25, -0.2) is 0 Å². The zero-order chi connectivity index (χ0) is 11.5. The lowest BCUT2D eigenvalue weighted by atomic mass is 10.1. The van der Waals surface area contributed by atoms with Crippen molar-refractivity contribution in [2.45, 2.75) is 25.1 Å². The summed E-state index contributed by atoms with van der Waals surface area (Å²) >= 11 is 3.70. The van der Waals surface area contributed by atoms with Gasteiger partial charge in [0.05, 0.1) is 5.52 Å². The third-order valence-electron chi connectivity index (χ3n) is 2.78. The number of halogens is 1. The molecule has 0 amide bonds. The molecule has 1 nitrogen and oxygen atoms in total. The summed E-state index contributed by atoms with van der Waals surface area (Å²) in [5, 5.41) is 1.21. The lowest BCUT2D eigenvalue weighted by molar-refractivity contribution is 0.608. The van der Waals surface area contributed by atoms with Gasteiger partial charge in [-0.15, -0.1) is 0 Å². The Morgan fingerprint density at radius 1 is 1.12 bits per heavy atom. The molecule has 0 N–H and O–H groups in total. The summed E-state index contributed by atoms with van der Waals surface area (Å²) in [4.78, 5) is 5.17. The highest BCUT2D eigenvalue weighted by molar-refractivity contribution is 9.09. The first kappa shape index (κ1) is 11.6. The predicted octanol–water partition coefficient (Wildman–Crippen LogP) is 4.20. The molecule has 1 atom stereocenters. The molecule has 84 valence electrons. The molecule has 0 aliphatic heterocycles. The van der Waals surface area contributed by atoms with Crippen LogP contribution < -0.4 is 0 Å². The molecule has 0 spiro atoms. The van der Waals surface area contributed by atoms with E-state index in [1.54, 1.807) is 0 Å². The zero-order valence-electron chi connectivity index (χ0n) is 9.65. The Kier molecular flexibility index (Phi) is 3.59. The quantitative estimate of drug-likeness (QED) is 0.767. The Bertz CT molecular complexity index is 479. The van der Waals surface area contributed by atoms with Gasteiger partial charge < -0.3 is 0 Å². The maximum Gasteiger partial charge on any atom is 0.0705 e. The van der Waals surface area contributed by atoms with Crippen LogP contribution in [0.15, 0.2) is 36.4 Å². The second-order valence-electron chi connectivity index (χ2n) is 4.46. The van der Waals surface area contributed by atoms with E-state index in [1.807, 2.05) is 12.1 Å². The number of nitrogens with zero attached hydrogens (tertiary/aromatic N) is 1. The van der Waals surface area contributed by atoms with E-state index >= 15 is 0 Å². The number of aromatic nitrogens is 1. The highest BCUT2D eigenvalue weighted by Crippen LogP contribution is 2.19. The Balaban J connectivity index is 2.26. The van der Waals surface area contributed by atoms with Crippen LogP contribution in [0.5, 0.6) is 0 Å². The van der Waals surface area contributed by atoms with E-state index in [9.17, 15) is 0 Å². The van der Waals surface area contributed by atoms with Gasteiger partial charge in [0, 0.05) is 22.3 Å². The fourth-order valence-corrected chi connectivity index (χ4v) is 1.99. The van der Waals surface area contributed by atoms with Crippen molar-refractivity contribution < 1.29 is 0 Å². The molecule has 1 aromatic carbocycles. The third-order valence-corrected chi connectivity index (χ3v) is 4.16. The molecule has 0 fully saturated rings. The van der Waals surface area contributed by atoms with Crippen LogP contribution in [0.2, 0.25) is 0 Å². The first-order valence-electron chi connectivity index (χ1n) is 5.65. The topological polar surface area (TPSA) is 12.9 Å². The largest absolute Gasteiger partial charge is 0.253 e. The number of hydrogen-bond acceptors (Lipinski definition) is 1. The molecule has 1 aromatic heterocycles. The molecule has 0 saturated heterocycles. The van der Waals surface area contributed by atoms with Gasteiger partial charge in [0.2, 0.25) is 0 Å². The number of alkyl halides is 1. The molecule has 2 aromatic rings. The van der Waals surface area contributed by atoms with Gasteiger partial charge in [-0.2, -0.15) is 0 Å². The Labute approximate surface area is 105 Å². The maximum atomic E-state index is 4.67. The van der Waals surface area contributed by atoms with Crippen molar-refractivity contribution in [2.75, 3.05) is 0 Å². The van der Waals surface area contributed by atoms with Crippen molar-refractivity contribution in [1.29, 1.82) is 0 Å². The minimum atomic E-state index is 0.501. The van der Waals surface area contributed by atoms with Crippen LogP contribution in [0.1, 0.15) is 19.5 Å². The molecule has 1 unspecified atom stereocenters. The van der Waals surface area contributed by atoms with Crippen molar-refractivity contribution in [1.82, 2.24) is 4.98 Å². The summed E-state index contributed by atoms with van der Waals surface area (Å²) in [6, 6.07) is 12.5. The smallest absolute Gasteiger partial charge is 0.0705 e. The highest BCUT2D eigenvalue weighted by Gasteiger charge is 2.10. The molecule has 0 bridgehead atoms. The van der Waals surface area contributed by atoms with Gasteiger partial charge in [-0.05, 0) is 18.1 Å². The van der Waals surface area contributed by atoms with Crippen molar-refractivity contribution in [2.24, 2.45) is 5.92 Å². The van der Waals surface area contributed by atoms with Crippen LogP contribution in [0, 0.1) is 5.92 Å². The average Bonchev–Trinajstić information content (AvgIpc) is 2.28. The first-order chi connectivity index (χ1) is 7.66. The molecule has 2 rings (SSSR count). The van der Waals surface area contributed by atoms with Gasteiger partial charge in [0.1, 0.15) is 0 Å². The number of para-hydroxylation sites is 1. The first-order valence-corrected chi connectivity index (χ1v) is 6.57. The molecule has 16 heavy (non-hydrogen) atoms. The highest BCUT2D eigenvalue weighted by atomic mass is 79.9. The molecular formula is C14H16BrN. The van der Waals surface area contributed by atoms with Gasteiger partial charge in [0.25, 0.3) is 0 Å².